The minimum Gasteiger partial charge on any atom is -0.356 e. The molecule has 0 atom stereocenters. The molecule has 6 nitrogen and oxygen atoms in total. The van der Waals surface area contributed by atoms with E-state index in [-0.39, 0.29) is 11.8 Å². The second kappa shape index (κ2) is 7.54. The number of ether oxygens (including phenoxy) is 2. The molecule has 2 aliphatic heterocycles. The normalized spacial score (nSPS) is 18.5. The summed E-state index contributed by atoms with van der Waals surface area (Å²) in [4.78, 5) is 25.4. The smallest absolute Gasteiger partial charge is 0.231 e. The Hall–Kier alpha value is -1.92. The van der Waals surface area contributed by atoms with Gasteiger partial charge in [-0.25, -0.2) is 0 Å². The highest BCUT2D eigenvalue weighted by molar-refractivity contribution is 6.00. The lowest BCUT2D eigenvalue weighted by Crippen LogP contribution is -2.34. The summed E-state index contributed by atoms with van der Waals surface area (Å²) in [6.07, 6.45) is 3.41. The maximum atomic E-state index is 11.9. The van der Waals surface area contributed by atoms with Crippen molar-refractivity contribution in [3.63, 3.8) is 0 Å². The lowest BCUT2D eigenvalue weighted by molar-refractivity contribution is -0.170. The molecule has 1 saturated heterocycles. The van der Waals surface area contributed by atoms with Gasteiger partial charge in [0.2, 0.25) is 11.8 Å². The molecule has 0 radical (unpaired) electrons. The Labute approximate surface area is 148 Å². The quantitative estimate of drug-likeness (QED) is 0.821. The zero-order valence-corrected chi connectivity index (χ0v) is 15.0. The first-order valence-electron chi connectivity index (χ1n) is 9.00. The molecule has 0 aliphatic carbocycles. The maximum Gasteiger partial charge on any atom is 0.231 e. The number of nitrogens with zero attached hydrogens (tertiary/aromatic N) is 1. The van der Waals surface area contributed by atoms with E-state index in [1.807, 2.05) is 18.2 Å². The summed E-state index contributed by atoms with van der Waals surface area (Å²) < 4.78 is 11.9. The Bertz CT molecular complexity index is 653. The number of benzene rings is 1. The van der Waals surface area contributed by atoms with E-state index in [0.29, 0.717) is 39.0 Å². The van der Waals surface area contributed by atoms with E-state index in [1.165, 1.54) is 0 Å². The zero-order valence-electron chi connectivity index (χ0n) is 15.0. The van der Waals surface area contributed by atoms with Gasteiger partial charge in [-0.1, -0.05) is 19.4 Å². The average molecular weight is 346 g/mol. The van der Waals surface area contributed by atoms with Crippen LogP contribution in [0.3, 0.4) is 0 Å². The van der Waals surface area contributed by atoms with Gasteiger partial charge in [0.15, 0.2) is 5.79 Å². The van der Waals surface area contributed by atoms with Gasteiger partial charge in [-0.3, -0.25) is 9.59 Å². The largest absolute Gasteiger partial charge is 0.356 e. The van der Waals surface area contributed by atoms with Gasteiger partial charge >= 0.3 is 0 Å². The molecule has 6 heteroatoms. The summed E-state index contributed by atoms with van der Waals surface area (Å²) in [5.41, 5.74) is 2.85. The molecule has 0 spiro atoms. The van der Waals surface area contributed by atoms with E-state index >= 15 is 0 Å². The minimum absolute atomic E-state index is 0.0659. The van der Waals surface area contributed by atoms with Crippen molar-refractivity contribution >= 4 is 17.5 Å². The van der Waals surface area contributed by atoms with Crippen LogP contribution in [0.15, 0.2) is 18.2 Å². The van der Waals surface area contributed by atoms with Crippen LogP contribution in [-0.2, 0) is 31.3 Å². The summed E-state index contributed by atoms with van der Waals surface area (Å²) in [5.74, 6) is -0.675. The first kappa shape index (κ1) is 17.9. The Morgan fingerprint density at radius 3 is 2.80 bits per heavy atom. The average Bonchev–Trinajstić information content (AvgIpc) is 3.19. The molecular formula is C19H26N2O4. The van der Waals surface area contributed by atoms with Crippen LogP contribution in [0, 0.1) is 0 Å². The van der Waals surface area contributed by atoms with Gasteiger partial charge in [0.1, 0.15) is 0 Å². The van der Waals surface area contributed by atoms with E-state index in [4.69, 9.17) is 9.47 Å². The van der Waals surface area contributed by atoms with Gasteiger partial charge in [-0.15, -0.1) is 0 Å². The Kier molecular flexibility index (Phi) is 5.39. The third-order valence-electron chi connectivity index (χ3n) is 4.88. The first-order chi connectivity index (χ1) is 12.1. The number of likely N-dealkylation sites (N-methyl/N-ethyl adjacent to an activating group) is 1. The van der Waals surface area contributed by atoms with Crippen LogP contribution in [0.25, 0.3) is 0 Å². The number of anilines is 1. The van der Waals surface area contributed by atoms with Gasteiger partial charge in [0.05, 0.1) is 19.6 Å². The van der Waals surface area contributed by atoms with Crippen LogP contribution >= 0.6 is 0 Å². The lowest BCUT2D eigenvalue weighted by atomic mass is 9.98. The number of carbonyl (C=O) groups is 2. The first-order valence-corrected chi connectivity index (χ1v) is 9.00. The second-order valence-electron chi connectivity index (χ2n) is 6.63. The van der Waals surface area contributed by atoms with Gasteiger partial charge in [0.25, 0.3) is 0 Å². The highest BCUT2D eigenvalue weighted by atomic mass is 16.7. The molecule has 2 aliphatic rings. The summed E-state index contributed by atoms with van der Waals surface area (Å²) in [7, 11) is 1.79. The van der Waals surface area contributed by atoms with Crippen molar-refractivity contribution in [1.82, 2.24) is 5.32 Å². The highest BCUT2D eigenvalue weighted by Crippen LogP contribution is 2.38. The molecule has 25 heavy (non-hydrogen) atoms. The number of nitrogens with one attached hydrogen (secondary N) is 1. The fourth-order valence-corrected chi connectivity index (χ4v) is 3.41. The predicted octanol–water partition coefficient (Wildman–Crippen LogP) is 2.10. The monoisotopic (exact) mass is 346 g/mol. The summed E-state index contributed by atoms with van der Waals surface area (Å²) in [6, 6.07) is 5.90. The van der Waals surface area contributed by atoms with Crippen molar-refractivity contribution in [2.75, 3.05) is 31.7 Å². The van der Waals surface area contributed by atoms with E-state index in [1.54, 1.807) is 11.9 Å². The van der Waals surface area contributed by atoms with Crippen LogP contribution < -0.4 is 10.2 Å². The molecule has 1 fully saturated rings. The van der Waals surface area contributed by atoms with Crippen molar-refractivity contribution < 1.29 is 19.1 Å². The van der Waals surface area contributed by atoms with Crippen molar-refractivity contribution in [3.05, 3.63) is 29.3 Å². The Morgan fingerprint density at radius 2 is 2.08 bits per heavy atom. The summed E-state index contributed by atoms with van der Waals surface area (Å²) in [6.45, 7) is 3.62. The van der Waals surface area contributed by atoms with E-state index in [9.17, 15) is 9.59 Å². The van der Waals surface area contributed by atoms with Gasteiger partial charge in [0, 0.05) is 37.7 Å². The molecule has 1 aromatic carbocycles. The molecule has 2 amide bonds. The number of carbonyl (C=O) groups excluding carboxylic acids is 2. The van der Waals surface area contributed by atoms with E-state index in [0.717, 1.165) is 29.7 Å². The highest BCUT2D eigenvalue weighted by Gasteiger charge is 2.39. The number of hydrogen-bond acceptors (Lipinski definition) is 4. The Balaban J connectivity index is 1.70. The molecule has 0 aromatic heterocycles. The number of hydrogen-bond donors (Lipinski definition) is 1. The van der Waals surface area contributed by atoms with E-state index in [2.05, 4.69) is 12.2 Å². The molecule has 0 bridgehead atoms. The van der Waals surface area contributed by atoms with Gasteiger partial charge in [-0.2, -0.15) is 0 Å². The summed E-state index contributed by atoms with van der Waals surface area (Å²) in [5, 5.41) is 2.94. The van der Waals surface area contributed by atoms with Crippen LogP contribution in [0.2, 0.25) is 0 Å². The van der Waals surface area contributed by atoms with Crippen molar-refractivity contribution in [2.45, 2.75) is 44.8 Å². The fraction of sp³-hybridized carbons (Fsp3) is 0.579. The predicted molar refractivity (Wildman–Crippen MR) is 94.3 cm³/mol. The second-order valence-corrected chi connectivity index (χ2v) is 6.63. The molecule has 3 rings (SSSR count). The molecule has 1 N–H and O–H groups in total. The van der Waals surface area contributed by atoms with Gasteiger partial charge < -0.3 is 19.7 Å². The number of unbranched alkanes of at least 4 members (excludes halogenated alkanes) is 1. The van der Waals surface area contributed by atoms with Crippen LogP contribution in [-0.4, -0.2) is 38.6 Å². The van der Waals surface area contributed by atoms with Crippen LogP contribution in [0.5, 0.6) is 0 Å². The number of rotatable bonds is 7. The Morgan fingerprint density at radius 1 is 1.32 bits per heavy atom. The molecule has 2 heterocycles. The molecule has 0 unspecified atom stereocenters. The van der Waals surface area contributed by atoms with Crippen molar-refractivity contribution in [2.24, 2.45) is 0 Å². The van der Waals surface area contributed by atoms with E-state index < -0.39 is 5.79 Å². The van der Waals surface area contributed by atoms with Crippen LogP contribution in [0.1, 0.15) is 43.7 Å². The molecule has 136 valence electrons. The topological polar surface area (TPSA) is 67.9 Å². The maximum absolute atomic E-state index is 11.9. The SMILES string of the molecule is CCCCC(=O)NCCC1(c2ccc3c(c2)CC(=O)N3C)OCCO1. The zero-order chi connectivity index (χ0) is 17.9. The minimum atomic E-state index is -0.836. The third kappa shape index (κ3) is 3.70. The van der Waals surface area contributed by atoms with Crippen molar-refractivity contribution in [1.29, 1.82) is 0 Å². The third-order valence-corrected chi connectivity index (χ3v) is 4.88. The van der Waals surface area contributed by atoms with Gasteiger partial charge in [-0.05, 0) is 24.1 Å². The molecule has 0 saturated carbocycles. The van der Waals surface area contributed by atoms with Crippen molar-refractivity contribution in [3.8, 4) is 0 Å². The number of fused-ring (bicyclic) bond motifs is 1. The number of amides is 2. The molecular weight excluding hydrogens is 320 g/mol. The lowest BCUT2D eigenvalue weighted by Gasteiger charge is -2.28. The van der Waals surface area contributed by atoms with Crippen LogP contribution in [0.4, 0.5) is 5.69 Å². The molecule has 1 aromatic rings. The summed E-state index contributed by atoms with van der Waals surface area (Å²) >= 11 is 0. The fourth-order valence-electron chi connectivity index (χ4n) is 3.41. The standard InChI is InChI=1S/C19H26N2O4/c1-3-4-5-17(22)20-9-8-19(24-10-11-25-19)15-6-7-16-14(12-15)13-18(23)21(16)2/h6-7,12H,3-5,8-11,13H2,1-2H3,(H,20,22).